The third-order valence-corrected chi connectivity index (χ3v) is 13.5. The fraction of sp³-hybridized carbons (Fsp3) is 0.0667. The van der Waals surface area contributed by atoms with Crippen molar-refractivity contribution >= 4 is 28.0 Å². The van der Waals surface area contributed by atoms with E-state index in [4.69, 9.17) is 4.42 Å². The Morgan fingerprint density at radius 3 is 1.58 bits per heavy atom. The number of rotatable bonds is 7. The van der Waals surface area contributed by atoms with Gasteiger partial charge in [0.15, 0.2) is 0 Å². The molecule has 0 aliphatic heterocycles. The third-order valence-electron chi connectivity index (χ3n) is 13.5. The summed E-state index contributed by atoms with van der Waals surface area (Å²) < 4.78 is 6.57. The molecule has 0 bridgehead atoms. The average molecular weight is 794 g/mol. The molecule has 0 spiro atoms. The molecule has 0 saturated carbocycles. The van der Waals surface area contributed by atoms with E-state index in [1.165, 1.54) is 77.7 Å². The van der Waals surface area contributed by atoms with Crippen LogP contribution in [0.4, 0.5) is 17.1 Å². The molecule has 294 valence electrons. The maximum atomic E-state index is 6.57. The highest BCUT2D eigenvalue weighted by molar-refractivity contribution is 5.97. The second kappa shape index (κ2) is 13.9. The summed E-state index contributed by atoms with van der Waals surface area (Å²) in [4.78, 5) is 2.42. The van der Waals surface area contributed by atoms with Crippen molar-refractivity contribution in [2.45, 2.75) is 24.7 Å². The van der Waals surface area contributed by atoms with Crippen molar-refractivity contribution < 1.29 is 4.42 Å². The van der Waals surface area contributed by atoms with Crippen LogP contribution >= 0.6 is 0 Å². The lowest BCUT2D eigenvalue weighted by molar-refractivity contribution is 0.619. The standard InChI is InChI=1S/C60H43NO/c1-59(2)56-48(25-16-26-52(56)58-57(59)51-24-13-15-28-55(51)62-58)42-31-35-46(36-32-42)61(45-33-29-41(30-34-45)40-17-6-3-7-18-40)47-37-38-50-49-23-12-14-27-53(49)60(54(50)39-47,43-19-8-4-9-20-43)44-21-10-5-11-22-44/h3-39H,1-2H3. The Balaban J connectivity index is 1.03. The Bertz CT molecular complexity index is 3250. The van der Waals surface area contributed by atoms with Crippen molar-refractivity contribution in [1.82, 2.24) is 0 Å². The van der Waals surface area contributed by atoms with Gasteiger partial charge in [0, 0.05) is 39.0 Å². The van der Waals surface area contributed by atoms with Gasteiger partial charge in [0.1, 0.15) is 11.3 Å². The van der Waals surface area contributed by atoms with Crippen molar-refractivity contribution in [1.29, 1.82) is 0 Å². The van der Waals surface area contributed by atoms with Gasteiger partial charge in [-0.05, 0) is 104 Å². The average Bonchev–Trinajstić information content (AvgIpc) is 3.95. The molecule has 1 aromatic heterocycles. The van der Waals surface area contributed by atoms with Gasteiger partial charge in [0.05, 0.1) is 5.41 Å². The van der Waals surface area contributed by atoms with Crippen LogP contribution in [-0.4, -0.2) is 0 Å². The zero-order valence-corrected chi connectivity index (χ0v) is 34.7. The largest absolute Gasteiger partial charge is 0.456 e. The normalized spacial score (nSPS) is 13.9. The molecule has 0 radical (unpaired) electrons. The van der Waals surface area contributed by atoms with Crippen LogP contribution in [0.25, 0.3) is 55.7 Å². The number of nitrogens with zero attached hydrogens (tertiary/aromatic N) is 1. The third kappa shape index (κ3) is 5.29. The monoisotopic (exact) mass is 793 g/mol. The molecule has 0 saturated heterocycles. The van der Waals surface area contributed by atoms with Crippen LogP contribution in [0.2, 0.25) is 0 Å². The van der Waals surface area contributed by atoms with E-state index >= 15 is 0 Å². The van der Waals surface area contributed by atoms with Crippen molar-refractivity contribution in [3.05, 3.63) is 258 Å². The summed E-state index contributed by atoms with van der Waals surface area (Å²) in [7, 11) is 0. The summed E-state index contributed by atoms with van der Waals surface area (Å²) in [6, 6.07) is 82.1. The van der Waals surface area contributed by atoms with Crippen LogP contribution in [0.3, 0.4) is 0 Å². The molecular weight excluding hydrogens is 751 g/mol. The second-order valence-electron chi connectivity index (χ2n) is 17.2. The van der Waals surface area contributed by atoms with Crippen molar-refractivity contribution in [3.8, 4) is 44.7 Å². The maximum absolute atomic E-state index is 6.57. The van der Waals surface area contributed by atoms with E-state index in [9.17, 15) is 0 Å². The van der Waals surface area contributed by atoms with Crippen molar-refractivity contribution in [3.63, 3.8) is 0 Å². The van der Waals surface area contributed by atoms with Gasteiger partial charge in [-0.3, -0.25) is 0 Å². The van der Waals surface area contributed by atoms with Gasteiger partial charge in [-0.2, -0.15) is 0 Å². The highest BCUT2D eigenvalue weighted by Gasteiger charge is 2.46. The fourth-order valence-electron chi connectivity index (χ4n) is 10.9. The first-order valence-corrected chi connectivity index (χ1v) is 21.6. The molecule has 2 aliphatic rings. The highest BCUT2D eigenvalue weighted by atomic mass is 16.3. The van der Waals surface area contributed by atoms with Gasteiger partial charge in [0.25, 0.3) is 0 Å². The first-order valence-electron chi connectivity index (χ1n) is 21.6. The molecular formula is C60H43NO. The number of furan rings is 1. The van der Waals surface area contributed by atoms with Gasteiger partial charge >= 0.3 is 0 Å². The number of benzene rings is 9. The summed E-state index contributed by atoms with van der Waals surface area (Å²) in [5.74, 6) is 0.996. The molecule has 2 nitrogen and oxygen atoms in total. The van der Waals surface area contributed by atoms with E-state index in [0.29, 0.717) is 0 Å². The van der Waals surface area contributed by atoms with Crippen LogP contribution in [0.1, 0.15) is 47.2 Å². The summed E-state index contributed by atoms with van der Waals surface area (Å²) >= 11 is 0. The quantitative estimate of drug-likeness (QED) is 0.160. The van der Waals surface area contributed by atoms with E-state index in [-0.39, 0.29) is 5.41 Å². The Kier molecular flexibility index (Phi) is 8.14. The topological polar surface area (TPSA) is 16.4 Å². The molecule has 0 amide bonds. The van der Waals surface area contributed by atoms with Crippen LogP contribution in [0.15, 0.2) is 229 Å². The molecule has 1 heterocycles. The molecule has 2 aliphatic carbocycles. The first kappa shape index (κ1) is 36.2. The zero-order chi connectivity index (χ0) is 41.4. The molecule has 2 heteroatoms. The molecule has 0 unspecified atom stereocenters. The Morgan fingerprint density at radius 2 is 0.887 bits per heavy atom. The second-order valence-corrected chi connectivity index (χ2v) is 17.2. The lowest BCUT2D eigenvalue weighted by atomic mass is 9.67. The highest BCUT2D eigenvalue weighted by Crippen LogP contribution is 2.58. The summed E-state index contributed by atoms with van der Waals surface area (Å²) in [6.07, 6.45) is 0. The Labute approximate surface area is 363 Å². The van der Waals surface area contributed by atoms with Crippen molar-refractivity contribution in [2.24, 2.45) is 0 Å². The zero-order valence-electron chi connectivity index (χ0n) is 34.7. The van der Waals surface area contributed by atoms with Crippen LogP contribution in [0, 0.1) is 0 Å². The van der Waals surface area contributed by atoms with E-state index < -0.39 is 5.41 Å². The minimum absolute atomic E-state index is 0.231. The first-order chi connectivity index (χ1) is 30.5. The predicted molar refractivity (Wildman–Crippen MR) is 257 cm³/mol. The Hall–Kier alpha value is -7.68. The van der Waals surface area contributed by atoms with Gasteiger partial charge < -0.3 is 9.32 Å². The van der Waals surface area contributed by atoms with Gasteiger partial charge in [-0.1, -0.05) is 196 Å². The number of hydrogen-bond donors (Lipinski definition) is 0. The number of para-hydroxylation sites is 1. The molecule has 0 fully saturated rings. The van der Waals surface area contributed by atoms with Crippen LogP contribution < -0.4 is 4.90 Å². The number of hydrogen-bond acceptors (Lipinski definition) is 2. The lowest BCUT2D eigenvalue weighted by Gasteiger charge is -2.35. The minimum atomic E-state index is -0.504. The number of fused-ring (bicyclic) bond motifs is 8. The predicted octanol–water partition coefficient (Wildman–Crippen LogP) is 15.9. The van der Waals surface area contributed by atoms with E-state index in [1.54, 1.807) is 0 Å². The van der Waals surface area contributed by atoms with E-state index in [1.807, 2.05) is 0 Å². The Morgan fingerprint density at radius 1 is 0.371 bits per heavy atom. The molecule has 10 aromatic rings. The molecule has 0 atom stereocenters. The van der Waals surface area contributed by atoms with Crippen LogP contribution in [0.5, 0.6) is 0 Å². The fourth-order valence-corrected chi connectivity index (χ4v) is 10.9. The number of anilines is 3. The summed E-state index contributed by atoms with van der Waals surface area (Å²) in [5.41, 5.74) is 19.7. The van der Waals surface area contributed by atoms with E-state index in [2.05, 4.69) is 243 Å². The molecule has 62 heavy (non-hydrogen) atoms. The molecule has 0 N–H and O–H groups in total. The maximum Gasteiger partial charge on any atom is 0.139 e. The molecule has 9 aromatic carbocycles. The van der Waals surface area contributed by atoms with Crippen molar-refractivity contribution in [2.75, 3.05) is 4.90 Å². The molecule has 12 rings (SSSR count). The van der Waals surface area contributed by atoms with Gasteiger partial charge in [-0.25, -0.2) is 0 Å². The van der Waals surface area contributed by atoms with Gasteiger partial charge in [0.2, 0.25) is 0 Å². The summed E-state index contributed by atoms with van der Waals surface area (Å²) in [5, 5.41) is 1.19. The van der Waals surface area contributed by atoms with Gasteiger partial charge in [-0.15, -0.1) is 0 Å². The smallest absolute Gasteiger partial charge is 0.139 e. The minimum Gasteiger partial charge on any atom is -0.456 e. The SMILES string of the molecule is CC1(C)c2c(-c3ccc(N(c4ccc(-c5ccccc5)cc4)c4ccc5c(c4)C(c4ccccc4)(c4ccccc4)c4ccccc4-5)cc3)cccc2-c2oc3ccccc3c21. The van der Waals surface area contributed by atoms with E-state index in [0.717, 1.165) is 28.4 Å². The summed E-state index contributed by atoms with van der Waals surface area (Å²) in [6.45, 7) is 4.69. The lowest BCUT2D eigenvalue weighted by Crippen LogP contribution is -2.28. The van der Waals surface area contributed by atoms with Crippen LogP contribution in [-0.2, 0) is 10.8 Å².